The number of imide groups is 1. The molecule has 1 unspecified atom stereocenters. The van der Waals surface area contributed by atoms with Gasteiger partial charge in [0.15, 0.2) is 0 Å². The Morgan fingerprint density at radius 3 is 2.57 bits per heavy atom. The molecule has 4 amide bonds. The fourth-order valence-electron chi connectivity index (χ4n) is 5.54. The first-order valence-corrected chi connectivity index (χ1v) is 12.2. The zero-order valence-electron chi connectivity index (χ0n) is 20.3. The van der Waals surface area contributed by atoms with Gasteiger partial charge in [0.05, 0.1) is 18.6 Å². The normalized spacial score (nSPS) is 22.5. The molecule has 0 radical (unpaired) electrons. The minimum atomic E-state index is -0.765. The molecule has 2 aromatic rings. The smallest absolute Gasteiger partial charge is 0.334 e. The standard InChI is InChI=1S/C25H27N5O7/c1-37-18-4-2-15(3-5-18)12-29-23(32)19(26-25(29)34)6-9-22(31)27-11-16-10-17(14-27)20-7-8-21(30(35)36)24(33)28(20)13-16/h2-5,7-8,16-17,19H,6,9-14H2,1H3,(H,26,34)/t16-,17+,19?/m1/s1. The van der Waals surface area contributed by atoms with Crippen LogP contribution in [-0.4, -0.2) is 63.4 Å². The van der Waals surface area contributed by atoms with Gasteiger partial charge in [-0.15, -0.1) is 0 Å². The number of rotatable bonds is 7. The number of hydrogen-bond donors (Lipinski definition) is 1. The molecule has 2 bridgehead atoms. The van der Waals surface area contributed by atoms with Crippen molar-refractivity contribution in [1.29, 1.82) is 0 Å². The number of ether oxygens (including phenoxy) is 1. The van der Waals surface area contributed by atoms with Gasteiger partial charge in [-0.3, -0.25) is 29.4 Å². The van der Waals surface area contributed by atoms with Gasteiger partial charge < -0.3 is 19.5 Å². The van der Waals surface area contributed by atoms with E-state index in [0.717, 1.165) is 16.9 Å². The van der Waals surface area contributed by atoms with Crippen LogP contribution in [0.2, 0.25) is 0 Å². The van der Waals surface area contributed by atoms with Crippen molar-refractivity contribution in [3.63, 3.8) is 0 Å². The summed E-state index contributed by atoms with van der Waals surface area (Å²) in [5.41, 5.74) is 0.440. The molecule has 37 heavy (non-hydrogen) atoms. The van der Waals surface area contributed by atoms with E-state index in [1.807, 2.05) is 0 Å². The number of likely N-dealkylation sites (tertiary alicyclic amines) is 1. The number of pyridine rings is 1. The van der Waals surface area contributed by atoms with Crippen LogP contribution >= 0.6 is 0 Å². The van der Waals surface area contributed by atoms with E-state index < -0.39 is 28.2 Å². The van der Waals surface area contributed by atoms with Crippen molar-refractivity contribution in [2.45, 2.75) is 44.3 Å². The molecule has 4 heterocycles. The van der Waals surface area contributed by atoms with Crippen molar-refractivity contribution in [1.82, 2.24) is 19.7 Å². The summed E-state index contributed by atoms with van der Waals surface area (Å²) in [6.07, 6.45) is 1.09. The Morgan fingerprint density at radius 2 is 1.86 bits per heavy atom. The number of carbonyl (C=O) groups is 3. The Bertz CT molecular complexity index is 1320. The molecule has 1 N–H and O–H groups in total. The van der Waals surface area contributed by atoms with E-state index in [2.05, 4.69) is 5.32 Å². The SMILES string of the molecule is COc1ccc(CN2C(=O)NC(CCC(=O)N3C[C@H]4C[C@@H](C3)c3ccc([N+](=O)[O-])c(=O)n3C4)C2=O)cc1. The van der Waals surface area contributed by atoms with Crippen molar-refractivity contribution in [2.75, 3.05) is 20.2 Å². The molecule has 0 aliphatic carbocycles. The van der Waals surface area contributed by atoms with Gasteiger partial charge in [-0.2, -0.15) is 0 Å². The minimum absolute atomic E-state index is 0.0164. The average Bonchev–Trinajstić information content (AvgIpc) is 3.15. The van der Waals surface area contributed by atoms with Crippen molar-refractivity contribution >= 4 is 23.5 Å². The molecule has 12 heteroatoms. The van der Waals surface area contributed by atoms with E-state index >= 15 is 0 Å². The van der Waals surface area contributed by atoms with Crippen LogP contribution in [0.15, 0.2) is 41.2 Å². The first-order chi connectivity index (χ1) is 17.7. The predicted molar refractivity (Wildman–Crippen MR) is 130 cm³/mol. The lowest BCUT2D eigenvalue weighted by Crippen LogP contribution is -2.49. The number of nitrogens with zero attached hydrogens (tertiary/aromatic N) is 4. The van der Waals surface area contributed by atoms with Gasteiger partial charge in [0.2, 0.25) is 5.91 Å². The highest BCUT2D eigenvalue weighted by atomic mass is 16.6. The summed E-state index contributed by atoms with van der Waals surface area (Å²) in [6, 6.07) is 8.68. The van der Waals surface area contributed by atoms with Crippen LogP contribution in [0.5, 0.6) is 5.75 Å². The summed E-state index contributed by atoms with van der Waals surface area (Å²) in [6.45, 7) is 1.30. The van der Waals surface area contributed by atoms with Crippen LogP contribution in [0.25, 0.3) is 0 Å². The summed E-state index contributed by atoms with van der Waals surface area (Å²) in [4.78, 5) is 64.2. The van der Waals surface area contributed by atoms with Crippen molar-refractivity contribution < 1.29 is 24.0 Å². The van der Waals surface area contributed by atoms with Gasteiger partial charge in [-0.25, -0.2) is 4.79 Å². The van der Waals surface area contributed by atoms with Crippen LogP contribution in [0, 0.1) is 16.0 Å². The first kappa shape index (κ1) is 24.5. The Hall–Kier alpha value is -4.22. The number of urea groups is 1. The summed E-state index contributed by atoms with van der Waals surface area (Å²) >= 11 is 0. The fourth-order valence-corrected chi connectivity index (χ4v) is 5.54. The molecule has 194 valence electrons. The molecule has 2 saturated heterocycles. The molecular formula is C25H27N5O7. The molecule has 3 aliphatic rings. The number of fused-ring (bicyclic) bond motifs is 4. The van der Waals surface area contributed by atoms with Crippen LogP contribution < -0.4 is 15.6 Å². The number of amides is 4. The quantitative estimate of drug-likeness (QED) is 0.339. The summed E-state index contributed by atoms with van der Waals surface area (Å²) in [5.74, 6) is 0.124. The maximum atomic E-state index is 13.0. The fraction of sp³-hybridized carbons (Fsp3) is 0.440. The molecular weight excluding hydrogens is 482 g/mol. The Morgan fingerprint density at radius 1 is 1.11 bits per heavy atom. The molecule has 3 aliphatic heterocycles. The Kier molecular flexibility index (Phi) is 6.40. The Balaban J connectivity index is 1.19. The number of benzene rings is 1. The summed E-state index contributed by atoms with van der Waals surface area (Å²) in [7, 11) is 1.56. The third-order valence-electron chi connectivity index (χ3n) is 7.39. The molecule has 2 fully saturated rings. The van der Waals surface area contributed by atoms with Gasteiger partial charge in [0, 0.05) is 43.7 Å². The zero-order valence-corrected chi connectivity index (χ0v) is 20.3. The molecule has 3 atom stereocenters. The first-order valence-electron chi connectivity index (χ1n) is 12.2. The number of aromatic nitrogens is 1. The molecule has 12 nitrogen and oxygen atoms in total. The van der Waals surface area contributed by atoms with Gasteiger partial charge in [-0.1, -0.05) is 12.1 Å². The second-order valence-corrected chi connectivity index (χ2v) is 9.73. The van der Waals surface area contributed by atoms with Crippen LogP contribution in [0.1, 0.15) is 36.4 Å². The van der Waals surface area contributed by atoms with Crippen molar-refractivity contribution in [3.05, 3.63) is 68.1 Å². The molecule has 5 rings (SSSR count). The monoisotopic (exact) mass is 509 g/mol. The lowest BCUT2D eigenvalue weighted by atomic mass is 9.83. The van der Waals surface area contributed by atoms with Crippen LogP contribution in [0.4, 0.5) is 10.5 Å². The van der Waals surface area contributed by atoms with Crippen LogP contribution in [-0.2, 0) is 22.7 Å². The van der Waals surface area contributed by atoms with E-state index in [1.165, 1.54) is 10.6 Å². The lowest BCUT2D eigenvalue weighted by molar-refractivity contribution is -0.386. The number of nitro groups is 1. The second-order valence-electron chi connectivity index (χ2n) is 9.73. The van der Waals surface area contributed by atoms with Gasteiger partial charge in [0.1, 0.15) is 11.8 Å². The number of methoxy groups -OCH3 is 1. The lowest BCUT2D eigenvalue weighted by Gasteiger charge is -2.42. The van der Waals surface area contributed by atoms with E-state index in [0.29, 0.717) is 31.1 Å². The van der Waals surface area contributed by atoms with Gasteiger partial charge >= 0.3 is 17.3 Å². The van der Waals surface area contributed by atoms with E-state index in [1.54, 1.807) is 42.3 Å². The van der Waals surface area contributed by atoms with E-state index in [4.69, 9.17) is 4.74 Å². The predicted octanol–water partition coefficient (Wildman–Crippen LogP) is 1.61. The van der Waals surface area contributed by atoms with Crippen molar-refractivity contribution in [3.8, 4) is 5.75 Å². The van der Waals surface area contributed by atoms with E-state index in [-0.39, 0.29) is 43.0 Å². The zero-order chi connectivity index (χ0) is 26.3. The number of carbonyl (C=O) groups excluding carboxylic acids is 3. The molecule has 0 saturated carbocycles. The molecule has 1 aromatic heterocycles. The third kappa shape index (κ3) is 4.66. The van der Waals surface area contributed by atoms with Crippen molar-refractivity contribution in [2.24, 2.45) is 5.92 Å². The minimum Gasteiger partial charge on any atom is -0.497 e. The maximum absolute atomic E-state index is 13.0. The molecule has 1 aromatic carbocycles. The van der Waals surface area contributed by atoms with Gasteiger partial charge in [0.25, 0.3) is 5.91 Å². The Labute approximate surface area is 211 Å². The maximum Gasteiger partial charge on any atom is 0.334 e. The topological polar surface area (TPSA) is 144 Å². The third-order valence-corrected chi connectivity index (χ3v) is 7.39. The number of piperidine rings is 1. The average molecular weight is 510 g/mol. The van der Waals surface area contributed by atoms with E-state index in [9.17, 15) is 29.3 Å². The highest BCUT2D eigenvalue weighted by molar-refractivity contribution is 6.04. The summed E-state index contributed by atoms with van der Waals surface area (Å²) < 4.78 is 6.60. The largest absolute Gasteiger partial charge is 0.497 e. The second kappa shape index (κ2) is 9.68. The van der Waals surface area contributed by atoms with Crippen LogP contribution in [0.3, 0.4) is 0 Å². The highest BCUT2D eigenvalue weighted by Crippen LogP contribution is 2.36. The summed E-state index contributed by atoms with van der Waals surface area (Å²) in [5, 5.41) is 13.8. The number of nitrogens with one attached hydrogen (secondary N) is 1. The highest BCUT2D eigenvalue weighted by Gasteiger charge is 2.40. The van der Waals surface area contributed by atoms with Gasteiger partial charge in [-0.05, 0) is 42.5 Å². The number of hydrogen-bond acceptors (Lipinski definition) is 7. The molecule has 0 spiro atoms.